The summed E-state index contributed by atoms with van der Waals surface area (Å²) in [6.07, 6.45) is -12.4. The fourth-order valence-corrected chi connectivity index (χ4v) is 7.99. The molecular formula is C42H78N4O19. The van der Waals surface area contributed by atoms with Crippen molar-refractivity contribution in [1.82, 2.24) is 16.0 Å². The lowest BCUT2D eigenvalue weighted by atomic mass is 9.88. The molecule has 16 atom stereocenters. The van der Waals surface area contributed by atoms with Gasteiger partial charge in [-0.25, -0.2) is 9.59 Å². The minimum atomic E-state index is -3.09. The predicted molar refractivity (Wildman–Crippen MR) is 228 cm³/mol. The maximum Gasteiger partial charge on any atom is 0.364 e. The molecule has 16 N–H and O–H groups in total. The number of rotatable bonds is 32. The molecule has 0 radical (unpaired) electrons. The van der Waals surface area contributed by atoms with Crippen molar-refractivity contribution in [2.75, 3.05) is 26.3 Å². The molecule has 2 saturated heterocycles. The number of carboxylic acid groups (broad SMARTS) is 2. The Morgan fingerprint density at radius 3 is 1.69 bits per heavy atom. The van der Waals surface area contributed by atoms with Gasteiger partial charge in [0.05, 0.1) is 55.8 Å². The largest absolute Gasteiger partial charge is 0.477 e. The van der Waals surface area contributed by atoms with Gasteiger partial charge in [-0.05, 0) is 19.9 Å². The first kappa shape index (κ1) is 58.4. The van der Waals surface area contributed by atoms with Gasteiger partial charge in [0.15, 0.2) is 0 Å². The number of carbonyl (C=O) groups is 4. The molecule has 23 heteroatoms. The predicted octanol–water partition coefficient (Wildman–Crippen LogP) is -2.95. The molecule has 23 nitrogen and oxygen atoms in total. The van der Waals surface area contributed by atoms with Crippen LogP contribution in [-0.2, 0) is 38.1 Å². The van der Waals surface area contributed by atoms with Crippen LogP contribution in [0.25, 0.3) is 0 Å². The van der Waals surface area contributed by atoms with Gasteiger partial charge in [0.1, 0.15) is 42.7 Å². The van der Waals surface area contributed by atoms with Gasteiger partial charge in [0.2, 0.25) is 11.8 Å². The fraction of sp³-hybridized carbons (Fsp3) is 0.905. The number of aliphatic carboxylic acids is 2. The molecule has 65 heavy (non-hydrogen) atoms. The fourth-order valence-electron chi connectivity index (χ4n) is 7.99. The first-order valence-corrected chi connectivity index (χ1v) is 22.9. The van der Waals surface area contributed by atoms with E-state index in [9.17, 15) is 75.3 Å². The molecule has 380 valence electrons. The van der Waals surface area contributed by atoms with Crippen LogP contribution in [0, 0.1) is 0 Å². The SMILES string of the molecule is CCCCCCCCCCCCNCC(O)C1OC(OC(CO)C(O)C2OC(OC(CO)C(O)C(O)C(NC(=O)CC)C(C)O)(C(=O)O)CC(O)C2N)(C(=O)O)CC(O)C1NC(=O)CC. The van der Waals surface area contributed by atoms with E-state index in [0.717, 1.165) is 32.1 Å². The summed E-state index contributed by atoms with van der Waals surface area (Å²) in [5.41, 5.74) is 6.15. The molecule has 0 aromatic heterocycles. The lowest BCUT2D eigenvalue weighted by molar-refractivity contribution is -0.350. The van der Waals surface area contributed by atoms with Crippen molar-refractivity contribution in [3.05, 3.63) is 0 Å². The Morgan fingerprint density at radius 2 is 1.20 bits per heavy atom. The Bertz CT molecular complexity index is 1440. The Balaban J connectivity index is 2.33. The summed E-state index contributed by atoms with van der Waals surface area (Å²) >= 11 is 0. The van der Waals surface area contributed by atoms with Crippen LogP contribution in [0.15, 0.2) is 0 Å². The molecule has 2 fully saturated rings. The van der Waals surface area contributed by atoms with Gasteiger partial charge >= 0.3 is 11.9 Å². The molecule has 0 aromatic carbocycles. The van der Waals surface area contributed by atoms with E-state index in [1.807, 2.05) is 0 Å². The Kier molecular flexibility index (Phi) is 25.7. The van der Waals surface area contributed by atoms with E-state index in [2.05, 4.69) is 22.9 Å². The molecule has 0 bridgehead atoms. The van der Waals surface area contributed by atoms with Crippen LogP contribution in [0.2, 0.25) is 0 Å². The molecule has 2 heterocycles. The molecule has 0 aliphatic carbocycles. The van der Waals surface area contributed by atoms with Crippen LogP contribution < -0.4 is 21.7 Å². The van der Waals surface area contributed by atoms with Crippen molar-refractivity contribution in [2.24, 2.45) is 5.73 Å². The van der Waals surface area contributed by atoms with Gasteiger partial charge in [-0.1, -0.05) is 78.6 Å². The zero-order valence-corrected chi connectivity index (χ0v) is 38.1. The number of nitrogens with two attached hydrogens (primary N) is 1. The molecule has 2 aliphatic heterocycles. The highest BCUT2D eigenvalue weighted by Crippen LogP contribution is 2.38. The Labute approximate surface area is 380 Å². The van der Waals surface area contributed by atoms with Gasteiger partial charge in [-0.15, -0.1) is 0 Å². The standard InChI is InChI=1S/C42H78N4O19/c1-5-8-9-10-11-12-13-14-15-16-17-44-20-26(52)37-33(46-30(54)7-3)25(51)19-42(64-37,40(60)61)63-28(22-48)35(56)38-31(43)24(50)18-41(65-38,39(58)59)62-27(21-47)34(55)36(57)32(23(4)49)45-29(53)6-2/h23-28,31-38,44,47-52,55-57H,5-22,43H2,1-4H3,(H,45,53)(H,46,54)(H,58,59)(H,60,61). The number of carboxylic acids is 2. The molecule has 0 spiro atoms. The van der Waals surface area contributed by atoms with Crippen LogP contribution in [-0.4, -0.2) is 203 Å². The number of hydrogen-bond donors (Lipinski definition) is 15. The molecule has 2 rings (SSSR count). The third-order valence-electron chi connectivity index (χ3n) is 12.0. The first-order valence-electron chi connectivity index (χ1n) is 22.9. The first-order chi connectivity index (χ1) is 30.7. The summed E-state index contributed by atoms with van der Waals surface area (Å²) in [5, 5.41) is 127. The lowest BCUT2D eigenvalue weighted by Gasteiger charge is -2.49. The zero-order chi connectivity index (χ0) is 49.1. The van der Waals surface area contributed by atoms with Crippen molar-refractivity contribution in [3.8, 4) is 0 Å². The van der Waals surface area contributed by atoms with Gasteiger partial charge in [-0.2, -0.15) is 0 Å². The second kappa shape index (κ2) is 28.6. The Morgan fingerprint density at radius 1 is 0.708 bits per heavy atom. The number of aliphatic hydroxyl groups is 9. The number of carbonyl (C=O) groups excluding carboxylic acids is 2. The molecule has 0 saturated carbocycles. The number of ether oxygens (including phenoxy) is 4. The average molecular weight is 943 g/mol. The average Bonchev–Trinajstić information content (AvgIpc) is 3.27. The van der Waals surface area contributed by atoms with E-state index in [4.69, 9.17) is 24.7 Å². The topological polar surface area (TPSA) is 390 Å². The number of nitrogens with one attached hydrogen (secondary N) is 3. The second-order valence-electron chi connectivity index (χ2n) is 17.1. The van der Waals surface area contributed by atoms with Crippen molar-refractivity contribution < 1.29 is 94.3 Å². The quantitative estimate of drug-likeness (QED) is 0.0300. The van der Waals surface area contributed by atoms with E-state index in [0.29, 0.717) is 6.54 Å². The monoisotopic (exact) mass is 943 g/mol. The van der Waals surface area contributed by atoms with Crippen molar-refractivity contribution in [1.29, 1.82) is 0 Å². The summed E-state index contributed by atoms with van der Waals surface area (Å²) in [4.78, 5) is 50.5. The smallest absolute Gasteiger partial charge is 0.364 e. The summed E-state index contributed by atoms with van der Waals surface area (Å²) in [6, 6.07) is -4.63. The number of hydrogen-bond acceptors (Lipinski definition) is 19. The highest BCUT2D eigenvalue weighted by Gasteiger charge is 2.60. The highest BCUT2D eigenvalue weighted by molar-refractivity contribution is 5.78. The number of unbranched alkanes of at least 4 members (excludes halogenated alkanes) is 9. The molecule has 0 aromatic rings. The van der Waals surface area contributed by atoms with Gasteiger partial charge in [0, 0.05) is 32.2 Å². The Hall–Kier alpha value is -2.72. The lowest BCUT2D eigenvalue weighted by Crippen LogP contribution is -2.70. The van der Waals surface area contributed by atoms with Crippen LogP contribution in [0.4, 0.5) is 0 Å². The van der Waals surface area contributed by atoms with E-state index in [1.54, 1.807) is 0 Å². The van der Waals surface area contributed by atoms with Crippen LogP contribution in [0.1, 0.15) is 118 Å². The number of amides is 2. The summed E-state index contributed by atoms with van der Waals surface area (Å²) < 4.78 is 22.8. The van der Waals surface area contributed by atoms with Crippen LogP contribution in [0.3, 0.4) is 0 Å². The van der Waals surface area contributed by atoms with E-state index in [-0.39, 0.29) is 19.4 Å². The molecule has 16 unspecified atom stereocenters. The van der Waals surface area contributed by atoms with E-state index >= 15 is 0 Å². The molecule has 2 amide bonds. The van der Waals surface area contributed by atoms with Crippen LogP contribution >= 0.6 is 0 Å². The minimum absolute atomic E-state index is 0.0461. The van der Waals surface area contributed by atoms with Crippen molar-refractivity contribution in [2.45, 2.75) is 214 Å². The normalized spacial score (nSPS) is 29.7. The zero-order valence-electron chi connectivity index (χ0n) is 38.1. The van der Waals surface area contributed by atoms with Crippen molar-refractivity contribution in [3.63, 3.8) is 0 Å². The van der Waals surface area contributed by atoms with Crippen molar-refractivity contribution >= 4 is 23.8 Å². The molecule has 2 aliphatic rings. The maximum absolute atomic E-state index is 13.0. The third kappa shape index (κ3) is 16.8. The maximum atomic E-state index is 13.0. The van der Waals surface area contributed by atoms with E-state index < -0.39 is 147 Å². The summed E-state index contributed by atoms with van der Waals surface area (Å²) in [6.45, 7) is 4.17. The van der Waals surface area contributed by atoms with Gasteiger partial charge in [-0.3, -0.25) is 9.59 Å². The second-order valence-corrected chi connectivity index (χ2v) is 17.1. The van der Waals surface area contributed by atoms with E-state index in [1.165, 1.54) is 52.9 Å². The van der Waals surface area contributed by atoms with Gasteiger partial charge < -0.3 is 96.8 Å². The molecular weight excluding hydrogens is 864 g/mol. The minimum Gasteiger partial charge on any atom is -0.477 e. The van der Waals surface area contributed by atoms with Gasteiger partial charge in [0.25, 0.3) is 11.6 Å². The third-order valence-corrected chi connectivity index (χ3v) is 12.0. The number of aliphatic hydroxyl groups excluding tert-OH is 9. The highest BCUT2D eigenvalue weighted by atomic mass is 16.8. The van der Waals surface area contributed by atoms with Crippen LogP contribution in [0.5, 0.6) is 0 Å². The summed E-state index contributed by atoms with van der Waals surface area (Å²) in [5.74, 6) is -11.2. The summed E-state index contributed by atoms with van der Waals surface area (Å²) in [7, 11) is 0.